The Labute approximate surface area is 161 Å². The molecule has 0 bridgehead atoms. The molecule has 0 atom stereocenters. The van der Waals surface area contributed by atoms with Crippen LogP contribution >= 0.6 is 0 Å². The lowest BCUT2D eigenvalue weighted by Crippen LogP contribution is -2.39. The Balaban J connectivity index is 1.68. The molecule has 0 unspecified atom stereocenters. The zero-order valence-electron chi connectivity index (χ0n) is 16.2. The normalized spacial score (nSPS) is 14.6. The van der Waals surface area contributed by atoms with Crippen LogP contribution in [0, 0.1) is 5.92 Å². The number of hydrogen-bond donors (Lipinski definition) is 1. The molecule has 0 aliphatic carbocycles. The molecule has 0 radical (unpaired) electrons. The van der Waals surface area contributed by atoms with E-state index in [0.29, 0.717) is 18.8 Å². The average molecular weight is 370 g/mol. The molecule has 27 heavy (non-hydrogen) atoms. The second-order valence-corrected chi connectivity index (χ2v) is 7.16. The van der Waals surface area contributed by atoms with Gasteiger partial charge < -0.3 is 10.2 Å². The minimum atomic E-state index is -0.586. The van der Waals surface area contributed by atoms with E-state index in [2.05, 4.69) is 31.0 Å². The summed E-state index contributed by atoms with van der Waals surface area (Å²) >= 11 is 0. The molecule has 1 N–H and O–H groups in total. The molecular formula is C22H30N2O3. The molecule has 5 nitrogen and oxygen atoms in total. The van der Waals surface area contributed by atoms with Gasteiger partial charge in [-0.3, -0.25) is 14.4 Å². The Kier molecular flexibility index (Phi) is 8.24. The third-order valence-corrected chi connectivity index (χ3v) is 5.26. The van der Waals surface area contributed by atoms with E-state index in [0.717, 1.165) is 44.3 Å². The molecule has 1 aliphatic rings. The van der Waals surface area contributed by atoms with Crippen LogP contribution in [0.25, 0.3) is 0 Å². The van der Waals surface area contributed by atoms with Crippen molar-refractivity contribution in [3.63, 3.8) is 0 Å². The van der Waals surface area contributed by atoms with E-state index in [1.807, 2.05) is 17.0 Å². The Bertz CT molecular complexity index is 659. The second-order valence-electron chi connectivity index (χ2n) is 7.16. The summed E-state index contributed by atoms with van der Waals surface area (Å²) in [6.07, 6.45) is 6.53. The first-order valence-corrected chi connectivity index (χ1v) is 9.83. The number of carbonyl (C=O) groups is 3. The molecule has 1 saturated heterocycles. The van der Waals surface area contributed by atoms with Gasteiger partial charge in [-0.1, -0.05) is 37.8 Å². The van der Waals surface area contributed by atoms with Crippen molar-refractivity contribution in [2.45, 2.75) is 51.9 Å². The van der Waals surface area contributed by atoms with Crippen molar-refractivity contribution in [3.8, 4) is 0 Å². The lowest BCUT2D eigenvalue weighted by molar-refractivity contribution is -0.137. The minimum absolute atomic E-state index is 0.189. The van der Waals surface area contributed by atoms with Gasteiger partial charge >= 0.3 is 0 Å². The average Bonchev–Trinajstić information content (AvgIpc) is 2.69. The number of rotatable bonds is 9. The number of nitrogens with one attached hydrogen (secondary N) is 1. The van der Waals surface area contributed by atoms with Crippen LogP contribution in [-0.2, 0) is 27.2 Å². The van der Waals surface area contributed by atoms with Crippen LogP contribution in [0.15, 0.2) is 37.0 Å². The molecule has 1 aromatic rings. The molecular weight excluding hydrogens is 340 g/mol. The summed E-state index contributed by atoms with van der Waals surface area (Å²) in [7, 11) is 0. The third kappa shape index (κ3) is 6.66. The maximum atomic E-state index is 12.5. The molecule has 1 fully saturated rings. The predicted octanol–water partition coefficient (Wildman–Crippen LogP) is 3.03. The monoisotopic (exact) mass is 370 g/mol. The maximum Gasteiger partial charge on any atom is 0.291 e. The summed E-state index contributed by atoms with van der Waals surface area (Å²) in [5.41, 5.74) is 2.35. The topological polar surface area (TPSA) is 66.5 Å². The van der Waals surface area contributed by atoms with Gasteiger partial charge in [-0.05, 0) is 55.3 Å². The molecule has 0 saturated carbocycles. The standard InChI is InChI=1S/C22H30N2O3/c1-3-17-8-10-19(11-9-17)16-21(26)24-14-12-18(13-15-24)6-5-7-20(25)22(27)23-4-2/h4,8-11,18H,2-3,5-7,12-16H2,1H3,(H,23,27). The van der Waals surface area contributed by atoms with Gasteiger partial charge in [0.05, 0.1) is 6.42 Å². The first kappa shape index (κ1) is 20.9. The molecule has 2 amide bonds. The van der Waals surface area contributed by atoms with Crippen LogP contribution in [0.4, 0.5) is 0 Å². The second kappa shape index (κ2) is 10.7. The van der Waals surface area contributed by atoms with Gasteiger partial charge in [0.15, 0.2) is 0 Å². The Morgan fingerprint density at radius 2 is 1.78 bits per heavy atom. The fourth-order valence-electron chi connectivity index (χ4n) is 3.49. The van der Waals surface area contributed by atoms with Crippen LogP contribution in [0.1, 0.15) is 50.2 Å². The van der Waals surface area contributed by atoms with Gasteiger partial charge in [-0.25, -0.2) is 0 Å². The molecule has 2 rings (SSSR count). The summed E-state index contributed by atoms with van der Waals surface area (Å²) in [6.45, 7) is 7.06. The quantitative estimate of drug-likeness (QED) is 0.680. The lowest BCUT2D eigenvalue weighted by atomic mass is 9.91. The highest BCUT2D eigenvalue weighted by molar-refractivity contribution is 6.36. The number of benzene rings is 1. The van der Waals surface area contributed by atoms with Crippen LogP contribution in [0.2, 0.25) is 0 Å². The van der Waals surface area contributed by atoms with E-state index in [-0.39, 0.29) is 12.3 Å². The number of piperidine rings is 1. The predicted molar refractivity (Wildman–Crippen MR) is 106 cm³/mol. The number of carbonyl (C=O) groups excluding carboxylic acids is 3. The van der Waals surface area contributed by atoms with Gasteiger partial charge in [0, 0.05) is 19.5 Å². The number of amides is 2. The van der Waals surface area contributed by atoms with Crippen LogP contribution in [0.3, 0.4) is 0 Å². The van der Waals surface area contributed by atoms with Crippen molar-refractivity contribution in [2.24, 2.45) is 5.92 Å². The van der Waals surface area contributed by atoms with E-state index >= 15 is 0 Å². The first-order valence-electron chi connectivity index (χ1n) is 9.83. The maximum absolute atomic E-state index is 12.5. The molecule has 1 heterocycles. The van der Waals surface area contributed by atoms with Crippen molar-refractivity contribution < 1.29 is 14.4 Å². The number of ketones is 1. The SMILES string of the molecule is C=CNC(=O)C(=O)CCCC1CCN(C(=O)Cc2ccc(CC)cc2)CC1. The van der Waals surface area contributed by atoms with Gasteiger partial charge in [0.25, 0.3) is 5.91 Å². The fourth-order valence-corrected chi connectivity index (χ4v) is 3.49. The van der Waals surface area contributed by atoms with E-state index in [4.69, 9.17) is 0 Å². The van der Waals surface area contributed by atoms with Gasteiger partial charge in [0.1, 0.15) is 0 Å². The summed E-state index contributed by atoms with van der Waals surface area (Å²) in [4.78, 5) is 37.4. The summed E-state index contributed by atoms with van der Waals surface area (Å²) in [5.74, 6) is -0.267. The third-order valence-electron chi connectivity index (χ3n) is 5.26. The van der Waals surface area contributed by atoms with E-state index < -0.39 is 11.7 Å². The zero-order chi connectivity index (χ0) is 19.6. The van der Waals surface area contributed by atoms with Crippen LogP contribution in [-0.4, -0.2) is 35.6 Å². The number of Topliss-reactive ketones (excluding diaryl/α,β-unsaturated/α-hetero) is 1. The number of likely N-dealkylation sites (tertiary alicyclic amines) is 1. The Morgan fingerprint density at radius 3 is 2.37 bits per heavy atom. The summed E-state index contributed by atoms with van der Waals surface area (Å²) in [6, 6.07) is 8.27. The number of nitrogens with zero attached hydrogens (tertiary/aromatic N) is 1. The van der Waals surface area contributed by atoms with E-state index in [9.17, 15) is 14.4 Å². The van der Waals surface area contributed by atoms with Gasteiger partial charge in [-0.2, -0.15) is 0 Å². The van der Waals surface area contributed by atoms with E-state index in [1.54, 1.807) is 0 Å². The van der Waals surface area contributed by atoms with Crippen LogP contribution in [0.5, 0.6) is 0 Å². The van der Waals surface area contributed by atoms with Crippen molar-refractivity contribution in [1.29, 1.82) is 0 Å². The zero-order valence-corrected chi connectivity index (χ0v) is 16.2. The van der Waals surface area contributed by atoms with Gasteiger partial charge in [-0.15, -0.1) is 0 Å². The lowest BCUT2D eigenvalue weighted by Gasteiger charge is -2.32. The van der Waals surface area contributed by atoms with Crippen molar-refractivity contribution >= 4 is 17.6 Å². The first-order chi connectivity index (χ1) is 13.0. The molecule has 0 spiro atoms. The molecule has 0 aromatic heterocycles. The fraction of sp³-hybridized carbons (Fsp3) is 0.500. The van der Waals surface area contributed by atoms with Crippen molar-refractivity contribution in [2.75, 3.05) is 13.1 Å². The van der Waals surface area contributed by atoms with Crippen LogP contribution < -0.4 is 5.32 Å². The summed E-state index contributed by atoms with van der Waals surface area (Å²) < 4.78 is 0. The largest absolute Gasteiger partial charge is 0.342 e. The summed E-state index contributed by atoms with van der Waals surface area (Å²) in [5, 5.41) is 2.31. The van der Waals surface area contributed by atoms with E-state index in [1.165, 1.54) is 11.8 Å². The molecule has 146 valence electrons. The van der Waals surface area contributed by atoms with Gasteiger partial charge in [0.2, 0.25) is 11.7 Å². The number of aryl methyl sites for hydroxylation is 1. The Morgan fingerprint density at radius 1 is 1.15 bits per heavy atom. The minimum Gasteiger partial charge on any atom is -0.342 e. The molecule has 1 aromatic carbocycles. The number of hydrogen-bond acceptors (Lipinski definition) is 3. The Hall–Kier alpha value is -2.43. The molecule has 1 aliphatic heterocycles. The smallest absolute Gasteiger partial charge is 0.291 e. The highest BCUT2D eigenvalue weighted by Crippen LogP contribution is 2.23. The highest BCUT2D eigenvalue weighted by Gasteiger charge is 2.23. The van der Waals surface area contributed by atoms with Crippen molar-refractivity contribution in [3.05, 3.63) is 48.2 Å². The molecule has 5 heteroatoms. The highest BCUT2D eigenvalue weighted by atomic mass is 16.2. The van der Waals surface area contributed by atoms with Crippen molar-refractivity contribution in [1.82, 2.24) is 10.2 Å².